The van der Waals surface area contributed by atoms with Crippen molar-refractivity contribution < 1.29 is 23.8 Å². The second-order valence-electron chi connectivity index (χ2n) is 8.77. The minimum absolute atomic E-state index is 0.0259. The number of carbonyl (C=O) groups excluding carboxylic acids is 1. The van der Waals surface area contributed by atoms with Crippen LogP contribution in [0.15, 0.2) is 42.5 Å². The second-order valence-corrected chi connectivity index (χ2v) is 8.77. The summed E-state index contributed by atoms with van der Waals surface area (Å²) in [5, 5.41) is 9.53. The molecule has 0 aromatic heterocycles. The van der Waals surface area contributed by atoms with Crippen LogP contribution in [0.3, 0.4) is 0 Å². The molecule has 1 saturated heterocycles. The number of carbonyl (C=O) groups is 2. The molecule has 1 amide bonds. The van der Waals surface area contributed by atoms with Gasteiger partial charge < -0.3 is 14.7 Å². The Morgan fingerprint density at radius 1 is 1.09 bits per heavy atom. The first kappa shape index (κ1) is 23.7. The number of nitrogens with zero attached hydrogens (tertiary/aromatic N) is 2. The molecule has 2 aromatic rings. The average molecular weight is 443 g/mol. The van der Waals surface area contributed by atoms with E-state index >= 15 is 0 Å². The van der Waals surface area contributed by atoms with Crippen LogP contribution in [0.1, 0.15) is 55.1 Å². The van der Waals surface area contributed by atoms with Crippen molar-refractivity contribution in [3.8, 4) is 5.75 Å². The normalized spacial score (nSPS) is 19.2. The molecule has 0 radical (unpaired) electrons. The smallest absolute Gasteiger partial charge is 0.339 e. The molecule has 0 unspecified atom stereocenters. The topological polar surface area (TPSA) is 70.1 Å². The molecule has 0 bridgehead atoms. The lowest BCUT2D eigenvalue weighted by Crippen LogP contribution is -2.58. The van der Waals surface area contributed by atoms with Crippen LogP contribution in [-0.2, 0) is 11.3 Å². The Labute approximate surface area is 188 Å². The van der Waals surface area contributed by atoms with Gasteiger partial charge in [-0.25, -0.2) is 9.18 Å². The Morgan fingerprint density at radius 3 is 2.41 bits per heavy atom. The summed E-state index contributed by atoms with van der Waals surface area (Å²) >= 11 is 0. The van der Waals surface area contributed by atoms with Crippen molar-refractivity contribution in [2.24, 2.45) is 0 Å². The molecule has 1 aliphatic rings. The minimum Gasteiger partial charge on any atom is -0.483 e. The molecule has 172 valence electrons. The molecular weight excluding hydrogens is 411 g/mol. The van der Waals surface area contributed by atoms with Gasteiger partial charge in [-0.2, -0.15) is 0 Å². The summed E-state index contributed by atoms with van der Waals surface area (Å²) in [6.07, 6.45) is 0. The predicted molar refractivity (Wildman–Crippen MR) is 120 cm³/mol. The number of para-hydroxylation sites is 1. The summed E-state index contributed by atoms with van der Waals surface area (Å²) in [5.74, 6) is -1.17. The number of carboxylic acids is 1. The minimum atomic E-state index is -1.08. The number of halogens is 1. The van der Waals surface area contributed by atoms with E-state index in [1.54, 1.807) is 23.1 Å². The lowest BCUT2D eigenvalue weighted by atomic mass is 9.99. The Bertz CT molecular complexity index is 961. The maximum atomic E-state index is 13.2. The predicted octanol–water partition coefficient (Wildman–Crippen LogP) is 4.15. The summed E-state index contributed by atoms with van der Waals surface area (Å²) in [5.41, 5.74) is 1.86. The highest BCUT2D eigenvalue weighted by atomic mass is 19.1. The van der Waals surface area contributed by atoms with E-state index in [1.165, 1.54) is 18.2 Å². The molecule has 0 saturated carbocycles. The van der Waals surface area contributed by atoms with Gasteiger partial charge in [0, 0.05) is 31.7 Å². The molecule has 1 heterocycles. The molecule has 0 aliphatic carbocycles. The van der Waals surface area contributed by atoms with Crippen LogP contribution in [0.4, 0.5) is 4.39 Å². The summed E-state index contributed by atoms with van der Waals surface area (Å²) in [6.45, 7) is 9.68. The van der Waals surface area contributed by atoms with Crippen molar-refractivity contribution in [3.05, 3.63) is 65.0 Å². The number of benzene rings is 2. The van der Waals surface area contributed by atoms with Crippen molar-refractivity contribution in [1.29, 1.82) is 0 Å². The summed E-state index contributed by atoms with van der Waals surface area (Å²) in [6, 6.07) is 11.6. The number of piperazine rings is 1. The van der Waals surface area contributed by atoms with Gasteiger partial charge in [0.25, 0.3) is 5.91 Å². The van der Waals surface area contributed by atoms with E-state index < -0.39 is 5.97 Å². The average Bonchev–Trinajstić information content (AvgIpc) is 2.75. The van der Waals surface area contributed by atoms with Gasteiger partial charge >= 0.3 is 5.97 Å². The molecule has 7 heteroatoms. The quantitative estimate of drug-likeness (QED) is 0.698. The fourth-order valence-electron chi connectivity index (χ4n) is 4.15. The van der Waals surface area contributed by atoms with E-state index in [-0.39, 0.29) is 47.6 Å². The molecule has 3 rings (SSSR count). The van der Waals surface area contributed by atoms with Crippen LogP contribution < -0.4 is 4.74 Å². The first-order valence-corrected chi connectivity index (χ1v) is 10.9. The lowest BCUT2D eigenvalue weighted by molar-refractivity contribution is -0.139. The van der Waals surface area contributed by atoms with Gasteiger partial charge in [-0.05, 0) is 49.1 Å². The Morgan fingerprint density at radius 2 is 1.78 bits per heavy atom. The van der Waals surface area contributed by atoms with E-state index in [4.69, 9.17) is 4.74 Å². The van der Waals surface area contributed by atoms with Crippen LogP contribution >= 0.6 is 0 Å². The van der Waals surface area contributed by atoms with Crippen molar-refractivity contribution in [3.63, 3.8) is 0 Å². The van der Waals surface area contributed by atoms with Gasteiger partial charge in [-0.1, -0.05) is 38.1 Å². The van der Waals surface area contributed by atoms with Gasteiger partial charge in [0.2, 0.25) is 0 Å². The maximum absolute atomic E-state index is 13.2. The number of aromatic carboxylic acids is 1. The zero-order valence-electron chi connectivity index (χ0n) is 19.0. The van der Waals surface area contributed by atoms with Crippen LogP contribution in [-0.4, -0.2) is 58.6 Å². The van der Waals surface area contributed by atoms with Crippen LogP contribution in [0.25, 0.3) is 0 Å². The summed E-state index contributed by atoms with van der Waals surface area (Å²) < 4.78 is 19.0. The van der Waals surface area contributed by atoms with Gasteiger partial charge in [0.05, 0.1) is 0 Å². The molecule has 2 aromatic carbocycles. The van der Waals surface area contributed by atoms with Gasteiger partial charge in [0.1, 0.15) is 17.1 Å². The highest BCUT2D eigenvalue weighted by molar-refractivity contribution is 5.91. The Hall–Kier alpha value is -2.93. The number of rotatable bonds is 7. The summed E-state index contributed by atoms with van der Waals surface area (Å²) in [4.78, 5) is 28.7. The fraction of sp³-hybridized carbons (Fsp3) is 0.440. The molecule has 0 spiro atoms. The number of ether oxygens (including phenoxy) is 1. The standard InChI is InChI=1S/C25H31FN2O4/c1-16(2)21-6-5-7-22(25(30)31)24(21)32-15-23(29)28-13-17(3)27(12-18(28)4)14-19-8-10-20(26)11-9-19/h5-11,16-18H,12-15H2,1-4H3,(H,30,31)/t17-,18+/m0/s1. The molecule has 1 aliphatic heterocycles. The van der Waals surface area contributed by atoms with Crippen molar-refractivity contribution in [2.75, 3.05) is 19.7 Å². The first-order valence-electron chi connectivity index (χ1n) is 10.9. The molecule has 1 N–H and O–H groups in total. The zero-order chi connectivity index (χ0) is 23.4. The van der Waals surface area contributed by atoms with E-state index in [9.17, 15) is 19.1 Å². The number of hydrogen-bond donors (Lipinski definition) is 1. The van der Waals surface area contributed by atoms with Crippen molar-refractivity contribution in [1.82, 2.24) is 9.80 Å². The van der Waals surface area contributed by atoms with Crippen molar-refractivity contribution in [2.45, 2.75) is 52.2 Å². The highest BCUT2D eigenvalue weighted by Gasteiger charge is 2.32. The molecule has 2 atom stereocenters. The Balaban J connectivity index is 1.66. The maximum Gasteiger partial charge on any atom is 0.339 e. The van der Waals surface area contributed by atoms with E-state index in [1.807, 2.05) is 26.8 Å². The zero-order valence-corrected chi connectivity index (χ0v) is 19.0. The number of hydrogen-bond acceptors (Lipinski definition) is 4. The van der Waals surface area contributed by atoms with Gasteiger partial charge in [-0.3, -0.25) is 9.69 Å². The molecule has 1 fully saturated rings. The van der Waals surface area contributed by atoms with E-state index in [0.717, 1.165) is 11.1 Å². The third kappa shape index (κ3) is 5.46. The monoisotopic (exact) mass is 442 g/mol. The van der Waals surface area contributed by atoms with E-state index in [0.29, 0.717) is 19.6 Å². The molecular formula is C25H31FN2O4. The van der Waals surface area contributed by atoms with E-state index in [2.05, 4.69) is 11.8 Å². The molecule has 6 nitrogen and oxygen atoms in total. The SMILES string of the molecule is CC(C)c1cccc(C(=O)O)c1OCC(=O)N1C[C@H](C)N(Cc2ccc(F)cc2)C[C@H]1C. The summed E-state index contributed by atoms with van der Waals surface area (Å²) in [7, 11) is 0. The third-order valence-electron chi connectivity index (χ3n) is 5.97. The highest BCUT2D eigenvalue weighted by Crippen LogP contribution is 2.30. The lowest BCUT2D eigenvalue weighted by Gasteiger charge is -2.44. The van der Waals surface area contributed by atoms with Gasteiger partial charge in [0.15, 0.2) is 6.61 Å². The van der Waals surface area contributed by atoms with Crippen LogP contribution in [0.2, 0.25) is 0 Å². The van der Waals surface area contributed by atoms with Crippen molar-refractivity contribution >= 4 is 11.9 Å². The van der Waals surface area contributed by atoms with Crippen LogP contribution in [0.5, 0.6) is 5.75 Å². The molecule has 32 heavy (non-hydrogen) atoms. The largest absolute Gasteiger partial charge is 0.483 e. The van der Waals surface area contributed by atoms with Gasteiger partial charge in [-0.15, -0.1) is 0 Å². The second kappa shape index (κ2) is 10.1. The Kier molecular flexibility index (Phi) is 7.51. The number of carboxylic acid groups (broad SMARTS) is 1. The first-order chi connectivity index (χ1) is 15.2. The number of amides is 1. The van der Waals surface area contributed by atoms with Crippen LogP contribution in [0, 0.1) is 5.82 Å². The third-order valence-corrected chi connectivity index (χ3v) is 5.97. The fourth-order valence-corrected chi connectivity index (χ4v) is 4.15.